The molecule has 0 N–H and O–H groups in total. The van der Waals surface area contributed by atoms with Crippen molar-refractivity contribution in [2.45, 2.75) is 27.2 Å². The Morgan fingerprint density at radius 3 is 2.27 bits per heavy atom. The van der Waals surface area contributed by atoms with Crippen LogP contribution in [0.2, 0.25) is 0 Å². The molecule has 0 saturated heterocycles. The number of hydrogen-bond donors (Lipinski definition) is 0. The summed E-state index contributed by atoms with van der Waals surface area (Å²) in [6.45, 7) is 6.83. The number of alkyl halides is 1. The van der Waals surface area contributed by atoms with Crippen LogP contribution in [-0.2, 0) is 0 Å². The number of thioether (sulfide) groups is 1. The molecule has 0 fully saturated rings. The van der Waals surface area contributed by atoms with Crippen molar-refractivity contribution >= 4 is 27.7 Å². The van der Waals surface area contributed by atoms with E-state index in [1.807, 2.05) is 0 Å². The molecule has 2 heteroatoms. The summed E-state index contributed by atoms with van der Waals surface area (Å²) in [6.07, 6.45) is 1.30. The fraction of sp³-hybridized carbons (Fsp3) is 1.00. The molecular weight excluding hydrogens is 220 g/mol. The Bertz CT molecular complexity index is 79.6. The molecule has 0 amide bonds. The zero-order chi connectivity index (χ0) is 8.69. The fourth-order valence-corrected chi connectivity index (χ4v) is 3.03. The van der Waals surface area contributed by atoms with Crippen LogP contribution in [0.3, 0.4) is 0 Å². The highest BCUT2D eigenvalue weighted by molar-refractivity contribution is 9.09. The SMILES string of the molecule is CCC(CBr)CSCC(C)C. The van der Waals surface area contributed by atoms with Gasteiger partial charge in [-0.1, -0.05) is 43.1 Å². The Kier molecular flexibility index (Phi) is 8.04. The van der Waals surface area contributed by atoms with E-state index in [0.717, 1.165) is 17.2 Å². The average Bonchev–Trinajstić information content (AvgIpc) is 1.98. The molecule has 0 spiro atoms. The Labute approximate surface area is 83.6 Å². The Morgan fingerprint density at radius 2 is 1.91 bits per heavy atom. The number of halogens is 1. The van der Waals surface area contributed by atoms with E-state index in [0.29, 0.717) is 0 Å². The molecule has 1 atom stereocenters. The van der Waals surface area contributed by atoms with Gasteiger partial charge in [-0.05, 0) is 23.3 Å². The summed E-state index contributed by atoms with van der Waals surface area (Å²) in [4.78, 5) is 0. The van der Waals surface area contributed by atoms with Crippen LogP contribution in [0.15, 0.2) is 0 Å². The van der Waals surface area contributed by atoms with E-state index in [9.17, 15) is 0 Å². The minimum Gasteiger partial charge on any atom is -0.161 e. The zero-order valence-corrected chi connectivity index (χ0v) is 10.2. The molecule has 0 aromatic heterocycles. The first-order valence-corrected chi connectivity index (χ1v) is 6.62. The van der Waals surface area contributed by atoms with Crippen LogP contribution >= 0.6 is 27.7 Å². The maximum Gasteiger partial charge on any atom is 0.00674 e. The second kappa shape index (κ2) is 7.48. The number of rotatable bonds is 6. The van der Waals surface area contributed by atoms with Crippen LogP contribution in [0, 0.1) is 11.8 Å². The van der Waals surface area contributed by atoms with Gasteiger partial charge in [0.25, 0.3) is 0 Å². The van der Waals surface area contributed by atoms with Crippen molar-refractivity contribution in [2.75, 3.05) is 16.8 Å². The minimum absolute atomic E-state index is 0.841. The third-order valence-corrected chi connectivity index (χ3v) is 4.13. The van der Waals surface area contributed by atoms with Gasteiger partial charge < -0.3 is 0 Å². The smallest absolute Gasteiger partial charge is 0.00674 e. The molecule has 0 saturated carbocycles. The van der Waals surface area contributed by atoms with Gasteiger partial charge in [-0.3, -0.25) is 0 Å². The molecule has 0 heterocycles. The third kappa shape index (κ3) is 7.20. The predicted octanol–water partition coefficient (Wildman–Crippen LogP) is 3.80. The minimum atomic E-state index is 0.841. The Morgan fingerprint density at radius 1 is 1.27 bits per heavy atom. The van der Waals surface area contributed by atoms with Gasteiger partial charge >= 0.3 is 0 Å². The summed E-state index contributed by atoms with van der Waals surface area (Å²) in [7, 11) is 0. The van der Waals surface area contributed by atoms with Crippen LogP contribution in [-0.4, -0.2) is 16.8 Å². The van der Waals surface area contributed by atoms with Crippen LogP contribution in [0.5, 0.6) is 0 Å². The molecule has 68 valence electrons. The van der Waals surface area contributed by atoms with E-state index in [4.69, 9.17) is 0 Å². The van der Waals surface area contributed by atoms with E-state index in [1.54, 1.807) is 0 Å². The van der Waals surface area contributed by atoms with Gasteiger partial charge in [-0.15, -0.1) is 0 Å². The normalized spacial score (nSPS) is 13.9. The second-order valence-corrected chi connectivity index (χ2v) is 5.08. The standard InChI is InChI=1S/C9H19BrS/c1-4-9(5-10)7-11-6-8(2)3/h8-9H,4-7H2,1-3H3. The van der Waals surface area contributed by atoms with Crippen LogP contribution < -0.4 is 0 Å². The Balaban J connectivity index is 3.21. The molecule has 0 aliphatic heterocycles. The zero-order valence-electron chi connectivity index (χ0n) is 7.77. The fourth-order valence-electron chi connectivity index (χ4n) is 0.742. The van der Waals surface area contributed by atoms with Crippen molar-refractivity contribution in [3.63, 3.8) is 0 Å². The molecular formula is C9H19BrS. The van der Waals surface area contributed by atoms with E-state index >= 15 is 0 Å². The average molecular weight is 239 g/mol. The Hall–Kier alpha value is 0.830. The molecule has 11 heavy (non-hydrogen) atoms. The molecule has 0 rings (SSSR count). The van der Waals surface area contributed by atoms with E-state index in [2.05, 4.69) is 48.5 Å². The summed E-state index contributed by atoms with van der Waals surface area (Å²) in [5.74, 6) is 4.34. The van der Waals surface area contributed by atoms with Crippen LogP contribution in [0.25, 0.3) is 0 Å². The first-order chi connectivity index (χ1) is 5.20. The van der Waals surface area contributed by atoms with Gasteiger partial charge in [-0.25, -0.2) is 0 Å². The molecule has 0 aliphatic carbocycles. The monoisotopic (exact) mass is 238 g/mol. The summed E-state index contributed by atoms with van der Waals surface area (Å²) in [5, 5.41) is 1.16. The molecule has 0 radical (unpaired) electrons. The highest BCUT2D eigenvalue weighted by Crippen LogP contribution is 2.16. The van der Waals surface area contributed by atoms with E-state index < -0.39 is 0 Å². The van der Waals surface area contributed by atoms with Crippen molar-refractivity contribution in [3.8, 4) is 0 Å². The summed E-state index contributed by atoms with van der Waals surface area (Å²) >= 11 is 5.62. The van der Waals surface area contributed by atoms with Gasteiger partial charge in [0, 0.05) is 5.33 Å². The first-order valence-electron chi connectivity index (χ1n) is 4.34. The van der Waals surface area contributed by atoms with Crippen molar-refractivity contribution in [1.82, 2.24) is 0 Å². The second-order valence-electron chi connectivity index (χ2n) is 3.36. The molecule has 0 aliphatic rings. The summed E-state index contributed by atoms with van der Waals surface area (Å²) in [6, 6.07) is 0. The maximum atomic E-state index is 3.53. The van der Waals surface area contributed by atoms with Gasteiger partial charge in [0.1, 0.15) is 0 Å². The summed E-state index contributed by atoms with van der Waals surface area (Å²) < 4.78 is 0. The largest absolute Gasteiger partial charge is 0.161 e. The van der Waals surface area contributed by atoms with Crippen molar-refractivity contribution in [3.05, 3.63) is 0 Å². The van der Waals surface area contributed by atoms with Crippen molar-refractivity contribution in [1.29, 1.82) is 0 Å². The molecule has 1 unspecified atom stereocenters. The van der Waals surface area contributed by atoms with Gasteiger partial charge in [0.2, 0.25) is 0 Å². The lowest BCUT2D eigenvalue weighted by atomic mass is 10.2. The highest BCUT2D eigenvalue weighted by Gasteiger charge is 2.04. The van der Waals surface area contributed by atoms with Gasteiger partial charge in [0.05, 0.1) is 0 Å². The highest BCUT2D eigenvalue weighted by atomic mass is 79.9. The predicted molar refractivity (Wildman–Crippen MR) is 59.7 cm³/mol. The molecule has 0 bridgehead atoms. The van der Waals surface area contributed by atoms with Gasteiger partial charge in [-0.2, -0.15) is 11.8 Å². The maximum absolute atomic E-state index is 3.53. The van der Waals surface area contributed by atoms with Crippen LogP contribution in [0.1, 0.15) is 27.2 Å². The molecule has 0 aromatic rings. The topological polar surface area (TPSA) is 0 Å². The molecule has 0 nitrogen and oxygen atoms in total. The van der Waals surface area contributed by atoms with Crippen molar-refractivity contribution < 1.29 is 0 Å². The van der Waals surface area contributed by atoms with E-state index in [-0.39, 0.29) is 0 Å². The van der Waals surface area contributed by atoms with E-state index in [1.165, 1.54) is 17.9 Å². The third-order valence-electron chi connectivity index (χ3n) is 1.60. The first kappa shape index (κ1) is 11.8. The molecule has 0 aromatic carbocycles. The van der Waals surface area contributed by atoms with Crippen molar-refractivity contribution in [2.24, 2.45) is 11.8 Å². The lowest BCUT2D eigenvalue weighted by Crippen LogP contribution is -2.05. The summed E-state index contributed by atoms with van der Waals surface area (Å²) in [5.41, 5.74) is 0. The quantitative estimate of drug-likeness (QED) is 0.635. The lowest BCUT2D eigenvalue weighted by Gasteiger charge is -2.11. The van der Waals surface area contributed by atoms with Gasteiger partial charge in [0.15, 0.2) is 0 Å². The lowest BCUT2D eigenvalue weighted by molar-refractivity contribution is 0.649. The van der Waals surface area contributed by atoms with Crippen LogP contribution in [0.4, 0.5) is 0 Å². The number of hydrogen-bond acceptors (Lipinski definition) is 1.